The highest BCUT2D eigenvalue weighted by atomic mass is 35.5. The Kier molecular flexibility index (Phi) is 4.88. The monoisotopic (exact) mass is 310 g/mol. The highest BCUT2D eigenvalue weighted by molar-refractivity contribution is 6.34. The van der Waals surface area contributed by atoms with Crippen molar-refractivity contribution < 1.29 is 14.6 Å². The van der Waals surface area contributed by atoms with Gasteiger partial charge in [-0.15, -0.1) is 0 Å². The lowest BCUT2D eigenvalue weighted by Crippen LogP contribution is -2.29. The molecule has 0 aromatic heterocycles. The first-order chi connectivity index (χ1) is 9.54. The smallest absolute Gasteiger partial charge is 0.345 e. The van der Waals surface area contributed by atoms with Gasteiger partial charge in [-0.2, -0.15) is 0 Å². The fourth-order valence-electron chi connectivity index (χ4n) is 1.77. The van der Waals surface area contributed by atoms with E-state index in [4.69, 9.17) is 27.9 Å². The number of halogens is 2. The van der Waals surface area contributed by atoms with Gasteiger partial charge in [-0.05, 0) is 23.8 Å². The van der Waals surface area contributed by atoms with Crippen LogP contribution in [-0.2, 0) is 11.2 Å². The van der Waals surface area contributed by atoms with Crippen molar-refractivity contribution >= 4 is 29.2 Å². The third-order valence-corrected chi connectivity index (χ3v) is 3.09. The summed E-state index contributed by atoms with van der Waals surface area (Å²) in [5.74, 6) is -0.698. The number of hydrogen-bond donors (Lipinski definition) is 1. The highest BCUT2D eigenvalue weighted by Gasteiger charge is 2.20. The third-order valence-electron chi connectivity index (χ3n) is 2.65. The molecule has 104 valence electrons. The van der Waals surface area contributed by atoms with Crippen LogP contribution >= 0.6 is 23.2 Å². The number of carboxylic acids is 1. The molecule has 0 bridgehead atoms. The average molecular weight is 311 g/mol. The molecule has 0 unspecified atom stereocenters. The first-order valence-corrected chi connectivity index (χ1v) is 6.69. The molecule has 2 aromatic carbocycles. The Morgan fingerprint density at radius 3 is 2.25 bits per heavy atom. The van der Waals surface area contributed by atoms with Gasteiger partial charge in [-0.3, -0.25) is 0 Å². The molecule has 5 heteroatoms. The number of ether oxygens (including phenoxy) is 1. The molecule has 0 amide bonds. The van der Waals surface area contributed by atoms with Crippen LogP contribution in [0.2, 0.25) is 10.0 Å². The zero-order valence-electron chi connectivity index (χ0n) is 10.4. The zero-order valence-corrected chi connectivity index (χ0v) is 11.9. The number of hydrogen-bond acceptors (Lipinski definition) is 2. The van der Waals surface area contributed by atoms with Crippen LogP contribution in [0.1, 0.15) is 5.56 Å². The van der Waals surface area contributed by atoms with Crippen LogP contribution in [0.15, 0.2) is 48.5 Å². The molecule has 20 heavy (non-hydrogen) atoms. The van der Waals surface area contributed by atoms with Crippen molar-refractivity contribution in [1.82, 2.24) is 0 Å². The summed E-state index contributed by atoms with van der Waals surface area (Å²) in [5, 5.41) is 10.0. The standard InChI is InChI=1S/C15H12Cl2O3/c16-11-7-12(17)9-13(8-11)20-14(15(18)19)6-10-4-2-1-3-5-10/h1-5,7-9,14H,6H2,(H,18,19)/t14-/m1/s1. The predicted molar refractivity (Wildman–Crippen MR) is 78.7 cm³/mol. The first-order valence-electron chi connectivity index (χ1n) is 5.94. The molecule has 0 aliphatic rings. The lowest BCUT2D eigenvalue weighted by atomic mass is 10.1. The second kappa shape index (κ2) is 6.64. The Morgan fingerprint density at radius 1 is 1.10 bits per heavy atom. The maximum absolute atomic E-state index is 11.3. The molecule has 0 aliphatic carbocycles. The molecule has 0 fully saturated rings. The molecule has 0 spiro atoms. The van der Waals surface area contributed by atoms with E-state index < -0.39 is 12.1 Å². The maximum Gasteiger partial charge on any atom is 0.345 e. The third kappa shape index (κ3) is 4.15. The summed E-state index contributed by atoms with van der Waals surface area (Å²) in [4.78, 5) is 11.3. The van der Waals surface area contributed by atoms with E-state index in [1.54, 1.807) is 6.07 Å². The van der Waals surface area contributed by atoms with Crippen molar-refractivity contribution in [1.29, 1.82) is 0 Å². The van der Waals surface area contributed by atoms with Gasteiger partial charge < -0.3 is 9.84 Å². The number of carbonyl (C=O) groups is 1. The predicted octanol–water partition coefficient (Wildman–Crippen LogP) is 4.07. The molecule has 1 N–H and O–H groups in total. The molecule has 0 heterocycles. The van der Waals surface area contributed by atoms with Crippen molar-refractivity contribution in [2.45, 2.75) is 12.5 Å². The molecule has 2 aromatic rings. The molecule has 1 atom stereocenters. The van der Waals surface area contributed by atoms with E-state index in [9.17, 15) is 9.90 Å². The molecule has 0 radical (unpaired) electrons. The SMILES string of the molecule is O=C(O)[C@@H](Cc1ccccc1)Oc1cc(Cl)cc(Cl)c1. The summed E-state index contributed by atoms with van der Waals surface area (Å²) < 4.78 is 5.47. The van der Waals surface area contributed by atoms with E-state index in [2.05, 4.69) is 0 Å². The zero-order chi connectivity index (χ0) is 14.5. The number of aliphatic carboxylic acids is 1. The van der Waals surface area contributed by atoms with Crippen LogP contribution in [0.4, 0.5) is 0 Å². The van der Waals surface area contributed by atoms with Crippen LogP contribution in [0, 0.1) is 0 Å². The first kappa shape index (κ1) is 14.7. The van der Waals surface area contributed by atoms with E-state index in [-0.39, 0.29) is 6.42 Å². The van der Waals surface area contributed by atoms with Crippen LogP contribution in [-0.4, -0.2) is 17.2 Å². The normalized spacial score (nSPS) is 11.9. The van der Waals surface area contributed by atoms with Gasteiger partial charge in [-0.25, -0.2) is 4.79 Å². The Hall–Kier alpha value is -1.71. The Morgan fingerprint density at radius 2 is 1.70 bits per heavy atom. The lowest BCUT2D eigenvalue weighted by Gasteiger charge is -2.15. The van der Waals surface area contributed by atoms with Crippen LogP contribution in [0.3, 0.4) is 0 Å². The minimum absolute atomic E-state index is 0.264. The molecule has 0 saturated heterocycles. The Bertz CT molecular complexity index is 579. The summed E-state index contributed by atoms with van der Waals surface area (Å²) in [6.07, 6.45) is -0.729. The maximum atomic E-state index is 11.3. The summed E-state index contributed by atoms with van der Waals surface area (Å²) in [6, 6.07) is 13.9. The van der Waals surface area contributed by atoms with E-state index in [0.717, 1.165) is 5.56 Å². The molecule has 0 saturated carbocycles. The number of carboxylic acid groups (broad SMARTS) is 1. The van der Waals surface area contributed by atoms with Crippen LogP contribution < -0.4 is 4.74 Å². The molecule has 3 nitrogen and oxygen atoms in total. The van der Waals surface area contributed by atoms with Crippen molar-refractivity contribution in [2.75, 3.05) is 0 Å². The highest BCUT2D eigenvalue weighted by Crippen LogP contribution is 2.25. The van der Waals surface area contributed by atoms with Gasteiger partial charge in [0.1, 0.15) is 5.75 Å². The van der Waals surface area contributed by atoms with Crippen LogP contribution in [0.25, 0.3) is 0 Å². The quantitative estimate of drug-likeness (QED) is 0.905. The largest absolute Gasteiger partial charge is 0.478 e. The minimum Gasteiger partial charge on any atom is -0.478 e. The fourth-order valence-corrected chi connectivity index (χ4v) is 2.27. The van der Waals surface area contributed by atoms with Crippen molar-refractivity contribution in [3.05, 3.63) is 64.1 Å². The average Bonchev–Trinajstić information content (AvgIpc) is 2.38. The van der Waals surface area contributed by atoms with Gasteiger partial charge >= 0.3 is 5.97 Å². The van der Waals surface area contributed by atoms with E-state index in [1.165, 1.54) is 12.1 Å². The topological polar surface area (TPSA) is 46.5 Å². The van der Waals surface area contributed by atoms with Crippen molar-refractivity contribution in [3.8, 4) is 5.75 Å². The second-order valence-electron chi connectivity index (χ2n) is 4.24. The van der Waals surface area contributed by atoms with E-state index in [0.29, 0.717) is 15.8 Å². The minimum atomic E-state index is -1.04. The van der Waals surface area contributed by atoms with Gasteiger partial charge in [0.25, 0.3) is 0 Å². The van der Waals surface area contributed by atoms with E-state index >= 15 is 0 Å². The number of rotatable bonds is 5. The van der Waals surface area contributed by atoms with Crippen molar-refractivity contribution in [3.63, 3.8) is 0 Å². The van der Waals surface area contributed by atoms with Gasteiger partial charge in [0.2, 0.25) is 0 Å². The summed E-state index contributed by atoms with van der Waals surface area (Å²) >= 11 is 11.7. The Labute approximate surface area is 126 Å². The molecule has 2 rings (SSSR count). The van der Waals surface area contributed by atoms with Gasteiger partial charge in [0.15, 0.2) is 6.10 Å². The summed E-state index contributed by atoms with van der Waals surface area (Å²) in [7, 11) is 0. The van der Waals surface area contributed by atoms with Gasteiger partial charge in [0, 0.05) is 16.5 Å². The second-order valence-corrected chi connectivity index (χ2v) is 5.11. The van der Waals surface area contributed by atoms with Crippen LogP contribution in [0.5, 0.6) is 5.75 Å². The molecular weight excluding hydrogens is 299 g/mol. The number of benzene rings is 2. The fraction of sp³-hybridized carbons (Fsp3) is 0.133. The van der Waals surface area contributed by atoms with E-state index in [1.807, 2.05) is 30.3 Å². The van der Waals surface area contributed by atoms with Crippen molar-refractivity contribution in [2.24, 2.45) is 0 Å². The van der Waals surface area contributed by atoms with Gasteiger partial charge in [0.05, 0.1) is 0 Å². The summed E-state index contributed by atoms with van der Waals surface area (Å²) in [5.41, 5.74) is 0.882. The molecular formula is C15H12Cl2O3. The Balaban J connectivity index is 2.15. The van der Waals surface area contributed by atoms with Gasteiger partial charge in [-0.1, -0.05) is 53.5 Å². The summed E-state index contributed by atoms with van der Waals surface area (Å²) in [6.45, 7) is 0. The molecule has 0 aliphatic heterocycles. The lowest BCUT2D eigenvalue weighted by molar-refractivity contribution is -0.145.